The van der Waals surface area contributed by atoms with Crippen molar-refractivity contribution in [2.45, 2.75) is 40.2 Å². The Morgan fingerprint density at radius 1 is 1.41 bits per heavy atom. The molecule has 0 saturated carbocycles. The maximum absolute atomic E-state index is 11.9. The topological polar surface area (TPSA) is 38.3 Å². The van der Waals surface area contributed by atoms with E-state index in [0.717, 1.165) is 17.7 Å². The molecule has 1 rings (SSSR count). The fourth-order valence-electron chi connectivity index (χ4n) is 1.52. The van der Waals surface area contributed by atoms with Crippen molar-refractivity contribution in [3.05, 3.63) is 29.3 Å². The van der Waals surface area contributed by atoms with Crippen LogP contribution in [0, 0.1) is 6.92 Å². The first-order chi connectivity index (χ1) is 8.08. The molecule has 0 bridgehead atoms. The third kappa shape index (κ3) is 3.77. The van der Waals surface area contributed by atoms with Crippen molar-refractivity contribution < 1.29 is 9.53 Å². The van der Waals surface area contributed by atoms with Crippen molar-refractivity contribution >= 4 is 5.91 Å². The lowest BCUT2D eigenvalue weighted by Crippen LogP contribution is -2.31. The van der Waals surface area contributed by atoms with Gasteiger partial charge in [0.25, 0.3) is 5.91 Å². The summed E-state index contributed by atoms with van der Waals surface area (Å²) in [5, 5.41) is 2.94. The summed E-state index contributed by atoms with van der Waals surface area (Å²) in [6, 6.07) is 5.72. The molecule has 0 radical (unpaired) electrons. The minimum absolute atomic E-state index is 0.0227. The van der Waals surface area contributed by atoms with E-state index in [1.165, 1.54) is 0 Å². The van der Waals surface area contributed by atoms with E-state index in [4.69, 9.17) is 4.74 Å². The van der Waals surface area contributed by atoms with Gasteiger partial charge in [-0.3, -0.25) is 4.79 Å². The van der Waals surface area contributed by atoms with E-state index in [1.807, 2.05) is 39.8 Å². The van der Waals surface area contributed by atoms with E-state index >= 15 is 0 Å². The maximum atomic E-state index is 11.9. The minimum Gasteiger partial charge on any atom is -0.494 e. The summed E-state index contributed by atoms with van der Waals surface area (Å²) in [4.78, 5) is 11.9. The number of amides is 1. The zero-order valence-corrected chi connectivity index (χ0v) is 11.0. The fourth-order valence-corrected chi connectivity index (χ4v) is 1.52. The van der Waals surface area contributed by atoms with Gasteiger partial charge in [-0.05, 0) is 51.0 Å². The van der Waals surface area contributed by atoms with Crippen LogP contribution in [0.3, 0.4) is 0 Å². The van der Waals surface area contributed by atoms with Crippen LogP contribution in [0.4, 0.5) is 0 Å². The molecule has 0 spiro atoms. The highest BCUT2D eigenvalue weighted by atomic mass is 16.5. The molecule has 1 aromatic rings. The Bertz CT molecular complexity index is 388. The molecule has 0 unspecified atom stereocenters. The molecule has 0 aliphatic carbocycles. The molecule has 1 aromatic carbocycles. The number of hydrogen-bond acceptors (Lipinski definition) is 2. The summed E-state index contributed by atoms with van der Waals surface area (Å²) in [5.41, 5.74) is 1.68. The van der Waals surface area contributed by atoms with Crippen molar-refractivity contribution in [3.63, 3.8) is 0 Å². The van der Waals surface area contributed by atoms with Crippen LogP contribution in [0.15, 0.2) is 18.2 Å². The lowest BCUT2D eigenvalue weighted by atomic mass is 10.1. The smallest absolute Gasteiger partial charge is 0.251 e. The molecule has 94 valence electrons. The van der Waals surface area contributed by atoms with Gasteiger partial charge in [-0.25, -0.2) is 0 Å². The first-order valence-electron chi connectivity index (χ1n) is 6.12. The second-order valence-electron chi connectivity index (χ2n) is 4.20. The maximum Gasteiger partial charge on any atom is 0.251 e. The number of rotatable bonds is 5. The molecule has 0 aliphatic rings. The molecule has 0 saturated heterocycles. The molecule has 0 aliphatic heterocycles. The number of nitrogens with one attached hydrogen (secondary N) is 1. The highest BCUT2D eigenvalue weighted by Gasteiger charge is 2.10. The lowest BCUT2D eigenvalue weighted by Gasteiger charge is -2.13. The number of hydrogen-bond donors (Lipinski definition) is 1. The molecule has 3 nitrogen and oxygen atoms in total. The van der Waals surface area contributed by atoms with Crippen LogP contribution in [0.5, 0.6) is 5.75 Å². The van der Waals surface area contributed by atoms with Crippen LogP contribution in [0.25, 0.3) is 0 Å². The first kappa shape index (κ1) is 13.6. The largest absolute Gasteiger partial charge is 0.494 e. The van der Waals surface area contributed by atoms with E-state index in [2.05, 4.69) is 5.32 Å². The van der Waals surface area contributed by atoms with E-state index in [1.54, 1.807) is 6.07 Å². The van der Waals surface area contributed by atoms with Gasteiger partial charge in [-0.15, -0.1) is 0 Å². The van der Waals surface area contributed by atoms with Crippen LogP contribution in [-0.2, 0) is 0 Å². The van der Waals surface area contributed by atoms with Gasteiger partial charge in [0.05, 0.1) is 6.61 Å². The van der Waals surface area contributed by atoms with Crippen LogP contribution < -0.4 is 10.1 Å². The Morgan fingerprint density at radius 2 is 2.12 bits per heavy atom. The van der Waals surface area contributed by atoms with Crippen LogP contribution in [-0.4, -0.2) is 18.6 Å². The predicted molar refractivity (Wildman–Crippen MR) is 69.6 cm³/mol. The predicted octanol–water partition coefficient (Wildman–Crippen LogP) is 2.92. The number of carbonyl (C=O) groups excluding carboxylic acids is 1. The van der Waals surface area contributed by atoms with Crippen molar-refractivity contribution in [1.82, 2.24) is 5.32 Å². The number of carbonyl (C=O) groups is 1. The van der Waals surface area contributed by atoms with Gasteiger partial charge in [0, 0.05) is 11.6 Å². The summed E-state index contributed by atoms with van der Waals surface area (Å²) in [7, 11) is 0. The molecule has 1 amide bonds. The molecular weight excluding hydrogens is 214 g/mol. The SMILES string of the molecule is CCOc1ccc(C(=O)N[C@H](C)CC)cc1C. The highest BCUT2D eigenvalue weighted by molar-refractivity contribution is 5.94. The van der Waals surface area contributed by atoms with E-state index < -0.39 is 0 Å². The molecule has 0 fully saturated rings. The lowest BCUT2D eigenvalue weighted by molar-refractivity contribution is 0.0939. The summed E-state index contributed by atoms with van der Waals surface area (Å²) < 4.78 is 5.44. The Hall–Kier alpha value is -1.51. The van der Waals surface area contributed by atoms with Crippen LogP contribution in [0.1, 0.15) is 43.1 Å². The van der Waals surface area contributed by atoms with Gasteiger partial charge in [0.2, 0.25) is 0 Å². The minimum atomic E-state index is -0.0227. The molecule has 1 N–H and O–H groups in total. The second-order valence-corrected chi connectivity index (χ2v) is 4.20. The van der Waals surface area contributed by atoms with Gasteiger partial charge >= 0.3 is 0 Å². The average Bonchev–Trinajstić information content (AvgIpc) is 2.31. The van der Waals surface area contributed by atoms with Gasteiger partial charge in [-0.1, -0.05) is 6.92 Å². The molecule has 1 atom stereocenters. The normalized spacial score (nSPS) is 12.0. The summed E-state index contributed by atoms with van der Waals surface area (Å²) in [6.07, 6.45) is 0.932. The van der Waals surface area contributed by atoms with E-state index in [0.29, 0.717) is 12.2 Å². The second kappa shape index (κ2) is 6.28. The molecule has 17 heavy (non-hydrogen) atoms. The van der Waals surface area contributed by atoms with Crippen molar-refractivity contribution in [2.24, 2.45) is 0 Å². The van der Waals surface area contributed by atoms with E-state index in [9.17, 15) is 4.79 Å². The third-order valence-corrected chi connectivity index (χ3v) is 2.73. The first-order valence-corrected chi connectivity index (χ1v) is 6.12. The molecule has 0 heterocycles. The van der Waals surface area contributed by atoms with Crippen molar-refractivity contribution in [2.75, 3.05) is 6.61 Å². The standard InChI is InChI=1S/C14H21NO2/c1-5-11(4)15-14(16)12-7-8-13(17-6-2)10(3)9-12/h7-9,11H,5-6H2,1-4H3,(H,15,16)/t11-/m1/s1. The van der Waals surface area contributed by atoms with Crippen LogP contribution >= 0.6 is 0 Å². The van der Waals surface area contributed by atoms with Crippen molar-refractivity contribution in [3.8, 4) is 5.75 Å². The van der Waals surface area contributed by atoms with Gasteiger partial charge < -0.3 is 10.1 Å². The van der Waals surface area contributed by atoms with Crippen molar-refractivity contribution in [1.29, 1.82) is 0 Å². The van der Waals surface area contributed by atoms with Crippen LogP contribution in [0.2, 0.25) is 0 Å². The quantitative estimate of drug-likeness (QED) is 0.852. The zero-order chi connectivity index (χ0) is 12.8. The van der Waals surface area contributed by atoms with Gasteiger partial charge in [-0.2, -0.15) is 0 Å². The van der Waals surface area contributed by atoms with E-state index in [-0.39, 0.29) is 11.9 Å². The summed E-state index contributed by atoms with van der Waals surface area (Å²) >= 11 is 0. The Balaban J connectivity index is 2.79. The monoisotopic (exact) mass is 235 g/mol. The molecule has 0 aromatic heterocycles. The highest BCUT2D eigenvalue weighted by Crippen LogP contribution is 2.19. The Kier molecular flexibility index (Phi) is 5.01. The van der Waals surface area contributed by atoms with Gasteiger partial charge in [0.15, 0.2) is 0 Å². The zero-order valence-electron chi connectivity index (χ0n) is 11.0. The third-order valence-electron chi connectivity index (χ3n) is 2.73. The number of ether oxygens (including phenoxy) is 1. The van der Waals surface area contributed by atoms with Gasteiger partial charge in [0.1, 0.15) is 5.75 Å². The molecular formula is C14H21NO2. The summed E-state index contributed by atoms with van der Waals surface area (Å²) in [6.45, 7) is 8.58. The molecule has 3 heteroatoms. The fraction of sp³-hybridized carbons (Fsp3) is 0.500. The summed E-state index contributed by atoms with van der Waals surface area (Å²) in [5.74, 6) is 0.818. The Morgan fingerprint density at radius 3 is 2.65 bits per heavy atom. The number of aryl methyl sites for hydroxylation is 1. The Labute approximate surface area is 103 Å². The number of benzene rings is 1. The average molecular weight is 235 g/mol.